The fourth-order valence-electron chi connectivity index (χ4n) is 2.09. The molecule has 0 spiro atoms. The van der Waals surface area contributed by atoms with E-state index >= 15 is 0 Å². The van der Waals surface area contributed by atoms with Crippen LogP contribution in [0.4, 0.5) is 0 Å². The first kappa shape index (κ1) is 11.7. The van der Waals surface area contributed by atoms with E-state index in [9.17, 15) is 0 Å². The molecule has 2 rings (SSSR count). The largest absolute Gasteiger partial charge is 0.396 e. The van der Waals surface area contributed by atoms with Gasteiger partial charge in [-0.05, 0) is 37.5 Å². The van der Waals surface area contributed by atoms with Crippen LogP contribution in [0.3, 0.4) is 0 Å². The third-order valence-electron chi connectivity index (χ3n) is 2.99. The molecule has 88 valence electrons. The van der Waals surface area contributed by atoms with Crippen LogP contribution >= 0.6 is 0 Å². The van der Waals surface area contributed by atoms with Crippen molar-refractivity contribution >= 4 is 10.9 Å². The van der Waals surface area contributed by atoms with Crippen LogP contribution in [0, 0.1) is 11.3 Å². The lowest BCUT2D eigenvalue weighted by molar-refractivity contribution is 0.282. The number of aliphatic hydroxyl groups excluding tert-OH is 1. The summed E-state index contributed by atoms with van der Waals surface area (Å²) in [5.41, 5.74) is 1.85. The number of nitriles is 1. The van der Waals surface area contributed by atoms with Gasteiger partial charge in [0.15, 0.2) is 0 Å². The van der Waals surface area contributed by atoms with E-state index in [-0.39, 0.29) is 6.61 Å². The van der Waals surface area contributed by atoms with Gasteiger partial charge in [-0.15, -0.1) is 0 Å². The monoisotopic (exact) mass is 228 g/mol. The van der Waals surface area contributed by atoms with Gasteiger partial charge in [-0.3, -0.25) is 0 Å². The van der Waals surface area contributed by atoms with E-state index < -0.39 is 0 Å². The number of rotatable bonds is 5. The van der Waals surface area contributed by atoms with Gasteiger partial charge in [0.25, 0.3) is 0 Å². The minimum Gasteiger partial charge on any atom is -0.396 e. The Balaban J connectivity index is 2.17. The number of aryl methyl sites for hydroxylation is 1. The lowest BCUT2D eigenvalue weighted by atomic mass is 10.1. The van der Waals surface area contributed by atoms with E-state index in [4.69, 9.17) is 10.4 Å². The summed E-state index contributed by atoms with van der Waals surface area (Å²) in [6, 6.07) is 10.0. The zero-order valence-corrected chi connectivity index (χ0v) is 9.76. The normalized spacial score (nSPS) is 10.6. The Kier molecular flexibility index (Phi) is 3.79. The summed E-state index contributed by atoms with van der Waals surface area (Å²) in [6.07, 6.45) is 4.99. The molecule has 0 radical (unpaired) electrons. The Morgan fingerprint density at radius 3 is 2.82 bits per heavy atom. The summed E-state index contributed by atoms with van der Waals surface area (Å²) in [7, 11) is 0. The predicted molar refractivity (Wildman–Crippen MR) is 67.6 cm³/mol. The van der Waals surface area contributed by atoms with E-state index in [2.05, 4.69) is 10.6 Å². The molecule has 0 saturated carbocycles. The molecule has 0 atom stereocenters. The van der Waals surface area contributed by atoms with E-state index in [1.165, 1.54) is 0 Å². The second kappa shape index (κ2) is 5.51. The molecule has 0 fully saturated rings. The molecule has 0 unspecified atom stereocenters. The minimum atomic E-state index is 0.269. The Morgan fingerprint density at radius 2 is 2.06 bits per heavy atom. The number of benzene rings is 1. The molecule has 17 heavy (non-hydrogen) atoms. The van der Waals surface area contributed by atoms with Crippen molar-refractivity contribution in [2.45, 2.75) is 25.8 Å². The fourth-order valence-corrected chi connectivity index (χ4v) is 2.09. The van der Waals surface area contributed by atoms with E-state index in [1.807, 2.05) is 30.5 Å². The number of hydrogen-bond donors (Lipinski definition) is 1. The highest BCUT2D eigenvalue weighted by atomic mass is 16.2. The van der Waals surface area contributed by atoms with Gasteiger partial charge in [0.05, 0.1) is 11.6 Å². The average molecular weight is 228 g/mol. The molecule has 1 heterocycles. The van der Waals surface area contributed by atoms with Crippen molar-refractivity contribution in [2.75, 3.05) is 6.61 Å². The first-order valence-electron chi connectivity index (χ1n) is 5.95. The molecule has 1 aromatic carbocycles. The van der Waals surface area contributed by atoms with Gasteiger partial charge in [-0.1, -0.05) is 6.07 Å². The Bertz CT molecular complexity index is 537. The van der Waals surface area contributed by atoms with Crippen molar-refractivity contribution in [3.8, 4) is 6.07 Å². The van der Waals surface area contributed by atoms with Gasteiger partial charge in [0.1, 0.15) is 0 Å². The molecule has 3 heteroatoms. The number of hydrogen-bond acceptors (Lipinski definition) is 2. The number of aliphatic hydroxyl groups is 1. The predicted octanol–water partition coefficient (Wildman–Crippen LogP) is 2.68. The fraction of sp³-hybridized carbons (Fsp3) is 0.357. The van der Waals surface area contributed by atoms with Crippen LogP contribution in [0.15, 0.2) is 30.5 Å². The quantitative estimate of drug-likeness (QED) is 0.800. The van der Waals surface area contributed by atoms with E-state index in [0.29, 0.717) is 0 Å². The van der Waals surface area contributed by atoms with Crippen molar-refractivity contribution in [2.24, 2.45) is 0 Å². The second-order valence-electron chi connectivity index (χ2n) is 4.14. The molecule has 3 nitrogen and oxygen atoms in total. The Labute approximate surface area is 101 Å². The molecule has 0 aliphatic heterocycles. The zero-order valence-electron chi connectivity index (χ0n) is 9.76. The highest BCUT2D eigenvalue weighted by Gasteiger charge is 2.04. The summed E-state index contributed by atoms with van der Waals surface area (Å²) >= 11 is 0. The summed E-state index contributed by atoms with van der Waals surface area (Å²) in [5.74, 6) is 0. The van der Waals surface area contributed by atoms with Crippen LogP contribution in [0.2, 0.25) is 0 Å². The van der Waals surface area contributed by atoms with Gasteiger partial charge in [-0.25, -0.2) is 0 Å². The molecule has 1 N–H and O–H groups in total. The van der Waals surface area contributed by atoms with E-state index in [0.717, 1.165) is 42.3 Å². The first-order valence-corrected chi connectivity index (χ1v) is 5.95. The molecule has 0 bridgehead atoms. The van der Waals surface area contributed by atoms with Crippen LogP contribution in [-0.2, 0) is 6.54 Å². The van der Waals surface area contributed by atoms with Crippen molar-refractivity contribution in [1.82, 2.24) is 4.57 Å². The number of fused-ring (bicyclic) bond motifs is 1. The summed E-state index contributed by atoms with van der Waals surface area (Å²) < 4.78 is 2.17. The van der Waals surface area contributed by atoms with Gasteiger partial charge in [0, 0.05) is 30.3 Å². The van der Waals surface area contributed by atoms with Crippen molar-refractivity contribution in [3.63, 3.8) is 0 Å². The number of nitrogens with zero attached hydrogens (tertiary/aromatic N) is 2. The lowest BCUT2D eigenvalue weighted by Gasteiger charge is -2.05. The van der Waals surface area contributed by atoms with Gasteiger partial charge >= 0.3 is 0 Å². The molecule has 1 aromatic heterocycles. The average Bonchev–Trinajstić information content (AvgIpc) is 2.78. The highest BCUT2D eigenvalue weighted by molar-refractivity contribution is 5.85. The maximum atomic E-state index is 9.00. The van der Waals surface area contributed by atoms with Crippen LogP contribution < -0.4 is 0 Å². The topological polar surface area (TPSA) is 49.0 Å². The van der Waals surface area contributed by atoms with Crippen LogP contribution in [-0.4, -0.2) is 16.3 Å². The van der Waals surface area contributed by atoms with Crippen molar-refractivity contribution in [3.05, 3.63) is 36.0 Å². The Hall–Kier alpha value is -1.79. The maximum Gasteiger partial charge on any atom is 0.0998 e. The smallest absolute Gasteiger partial charge is 0.0998 e. The van der Waals surface area contributed by atoms with Crippen molar-refractivity contribution in [1.29, 1.82) is 5.26 Å². The zero-order chi connectivity index (χ0) is 12.1. The minimum absolute atomic E-state index is 0.269. The van der Waals surface area contributed by atoms with Crippen molar-refractivity contribution < 1.29 is 5.11 Å². The molecular weight excluding hydrogens is 212 g/mol. The molecule has 0 amide bonds. The van der Waals surface area contributed by atoms with Gasteiger partial charge in [0.2, 0.25) is 0 Å². The molecule has 0 saturated heterocycles. The summed E-state index contributed by atoms with van der Waals surface area (Å²) in [5, 5.41) is 18.7. The van der Waals surface area contributed by atoms with E-state index in [1.54, 1.807) is 0 Å². The van der Waals surface area contributed by atoms with Gasteiger partial charge in [-0.2, -0.15) is 5.26 Å². The summed E-state index contributed by atoms with van der Waals surface area (Å²) in [6.45, 7) is 1.21. The summed E-state index contributed by atoms with van der Waals surface area (Å²) in [4.78, 5) is 0. The standard InChI is InChI=1S/C14H16N2O/c15-11-12-5-4-6-14-13(12)7-9-16(14)8-2-1-3-10-17/h4-7,9,17H,1-3,8,10H2. The van der Waals surface area contributed by atoms with Crippen LogP contribution in [0.25, 0.3) is 10.9 Å². The third-order valence-corrected chi connectivity index (χ3v) is 2.99. The van der Waals surface area contributed by atoms with Crippen LogP contribution in [0.5, 0.6) is 0 Å². The highest BCUT2D eigenvalue weighted by Crippen LogP contribution is 2.20. The molecule has 0 aliphatic carbocycles. The number of unbranched alkanes of at least 4 members (excludes halogenated alkanes) is 2. The van der Waals surface area contributed by atoms with Gasteiger partial charge < -0.3 is 9.67 Å². The molecule has 0 aliphatic rings. The lowest BCUT2D eigenvalue weighted by Crippen LogP contribution is -1.96. The number of aromatic nitrogens is 1. The third kappa shape index (κ3) is 2.48. The first-order chi connectivity index (χ1) is 8.36. The SMILES string of the molecule is N#Cc1cccc2c1ccn2CCCCCO. The molecular formula is C14H16N2O. The van der Waals surface area contributed by atoms with Crippen LogP contribution in [0.1, 0.15) is 24.8 Å². The maximum absolute atomic E-state index is 9.00. The molecule has 2 aromatic rings. The Morgan fingerprint density at radius 1 is 1.18 bits per heavy atom. The second-order valence-corrected chi connectivity index (χ2v) is 4.14.